The lowest BCUT2D eigenvalue weighted by atomic mass is 10.2. The molecule has 0 aliphatic heterocycles. The maximum atomic E-state index is 12.1. The van der Waals surface area contributed by atoms with Crippen LogP contribution in [0.1, 0.15) is 27.2 Å². The van der Waals surface area contributed by atoms with Gasteiger partial charge in [-0.05, 0) is 24.5 Å². The smallest absolute Gasteiger partial charge is 0.258 e. The summed E-state index contributed by atoms with van der Waals surface area (Å²) >= 11 is 1.64. The molecule has 31 heavy (non-hydrogen) atoms. The minimum Gasteiger partial charge on any atom is -0.484 e. The highest BCUT2D eigenvalue weighted by Gasteiger charge is 2.14. The molecule has 3 rings (SSSR count). The van der Waals surface area contributed by atoms with E-state index in [1.54, 1.807) is 18.0 Å². The molecule has 1 aromatic carbocycles. The van der Waals surface area contributed by atoms with Crippen molar-refractivity contribution < 1.29 is 9.53 Å². The predicted molar refractivity (Wildman–Crippen MR) is 125 cm³/mol. The molecule has 0 radical (unpaired) electrons. The number of carbonyl (C=O) groups is 1. The molecule has 0 spiro atoms. The van der Waals surface area contributed by atoms with Gasteiger partial charge in [0, 0.05) is 18.8 Å². The van der Waals surface area contributed by atoms with Crippen LogP contribution in [0.5, 0.6) is 5.75 Å². The molecule has 166 valence electrons. The highest BCUT2D eigenvalue weighted by atomic mass is 32.2. The van der Waals surface area contributed by atoms with Crippen molar-refractivity contribution in [2.24, 2.45) is 5.92 Å². The first-order chi connectivity index (χ1) is 15.1. The standard InChI is InChI=1S/C22H30N6O2S/c1-4-12-31-22-26-20(24-13-16(2)3)18-14-25-28(21(18)27-22)11-10-23-19(29)15-30-17-8-6-5-7-9-17/h5-9,14,16H,4,10-13,15H2,1-3H3,(H,23,29)(H,24,26,27). The number of aromatic nitrogens is 4. The van der Waals surface area contributed by atoms with Gasteiger partial charge in [-0.25, -0.2) is 14.6 Å². The Hall–Kier alpha value is -2.81. The lowest BCUT2D eigenvalue weighted by Gasteiger charge is -2.11. The number of benzene rings is 1. The molecule has 0 unspecified atom stereocenters. The second kappa shape index (κ2) is 11.5. The number of hydrogen-bond donors (Lipinski definition) is 2. The summed E-state index contributed by atoms with van der Waals surface area (Å²) in [6.07, 6.45) is 2.84. The monoisotopic (exact) mass is 442 g/mol. The van der Waals surface area contributed by atoms with Gasteiger partial charge in [-0.2, -0.15) is 5.10 Å². The lowest BCUT2D eigenvalue weighted by Crippen LogP contribution is -2.31. The Morgan fingerprint density at radius 1 is 1.23 bits per heavy atom. The molecule has 0 saturated heterocycles. The zero-order valence-corrected chi connectivity index (χ0v) is 19.1. The Kier molecular flexibility index (Phi) is 8.52. The van der Waals surface area contributed by atoms with E-state index in [0.717, 1.165) is 40.7 Å². The third kappa shape index (κ3) is 6.85. The number of fused-ring (bicyclic) bond motifs is 1. The van der Waals surface area contributed by atoms with Crippen molar-refractivity contribution in [2.45, 2.75) is 38.9 Å². The molecule has 0 fully saturated rings. The zero-order chi connectivity index (χ0) is 22.1. The Morgan fingerprint density at radius 2 is 2.03 bits per heavy atom. The maximum absolute atomic E-state index is 12.1. The number of amides is 1. The van der Waals surface area contributed by atoms with Gasteiger partial charge < -0.3 is 15.4 Å². The van der Waals surface area contributed by atoms with Gasteiger partial charge >= 0.3 is 0 Å². The molecular weight excluding hydrogens is 412 g/mol. The number of ether oxygens (including phenoxy) is 1. The van der Waals surface area contributed by atoms with E-state index < -0.39 is 0 Å². The SMILES string of the molecule is CCCSc1nc(NCC(C)C)c2cnn(CCNC(=O)COc3ccccc3)c2n1. The first-order valence-corrected chi connectivity index (χ1v) is 11.6. The quantitative estimate of drug-likeness (QED) is 0.327. The number of hydrogen-bond acceptors (Lipinski definition) is 7. The van der Waals surface area contributed by atoms with E-state index in [9.17, 15) is 4.79 Å². The van der Waals surface area contributed by atoms with Gasteiger partial charge in [0.05, 0.1) is 18.1 Å². The van der Waals surface area contributed by atoms with E-state index in [1.807, 2.05) is 35.0 Å². The van der Waals surface area contributed by atoms with Crippen LogP contribution in [0.15, 0.2) is 41.7 Å². The van der Waals surface area contributed by atoms with Crippen LogP contribution in [-0.2, 0) is 11.3 Å². The zero-order valence-electron chi connectivity index (χ0n) is 18.3. The summed E-state index contributed by atoms with van der Waals surface area (Å²) in [6.45, 7) is 8.21. The van der Waals surface area contributed by atoms with Gasteiger partial charge in [-0.1, -0.05) is 50.7 Å². The third-order valence-electron chi connectivity index (χ3n) is 4.35. The summed E-state index contributed by atoms with van der Waals surface area (Å²) in [7, 11) is 0. The molecule has 3 aromatic rings. The van der Waals surface area contributed by atoms with Gasteiger partial charge in [0.2, 0.25) is 0 Å². The van der Waals surface area contributed by atoms with Crippen molar-refractivity contribution >= 4 is 34.5 Å². The molecule has 0 aliphatic rings. The summed E-state index contributed by atoms with van der Waals surface area (Å²) in [5, 5.41) is 12.4. The van der Waals surface area contributed by atoms with E-state index >= 15 is 0 Å². The Labute approximate surface area is 187 Å². The molecule has 0 atom stereocenters. The van der Waals surface area contributed by atoms with Gasteiger partial charge in [-0.3, -0.25) is 4.79 Å². The Bertz CT molecular complexity index is 977. The van der Waals surface area contributed by atoms with Crippen LogP contribution in [0.3, 0.4) is 0 Å². The number of carbonyl (C=O) groups excluding carboxylic acids is 1. The molecule has 0 saturated carbocycles. The van der Waals surface area contributed by atoms with Crippen LogP contribution in [0.2, 0.25) is 0 Å². The fourth-order valence-electron chi connectivity index (χ4n) is 2.81. The average molecular weight is 443 g/mol. The van der Waals surface area contributed by atoms with E-state index in [4.69, 9.17) is 9.72 Å². The molecule has 8 nitrogen and oxygen atoms in total. The summed E-state index contributed by atoms with van der Waals surface area (Å²) in [5.74, 6) is 2.77. The highest BCUT2D eigenvalue weighted by Crippen LogP contribution is 2.25. The van der Waals surface area contributed by atoms with E-state index in [2.05, 4.69) is 41.5 Å². The van der Waals surface area contributed by atoms with Crippen LogP contribution in [-0.4, -0.2) is 51.1 Å². The molecule has 2 aromatic heterocycles. The van der Waals surface area contributed by atoms with Crippen molar-refractivity contribution in [1.82, 2.24) is 25.1 Å². The van der Waals surface area contributed by atoms with Crippen LogP contribution in [0.4, 0.5) is 5.82 Å². The number of nitrogens with one attached hydrogen (secondary N) is 2. The summed E-state index contributed by atoms with van der Waals surface area (Å²) < 4.78 is 7.29. The van der Waals surface area contributed by atoms with Gasteiger partial charge in [0.1, 0.15) is 11.6 Å². The fraction of sp³-hybridized carbons (Fsp3) is 0.455. The molecule has 2 N–H and O–H groups in total. The van der Waals surface area contributed by atoms with Gasteiger partial charge in [0.15, 0.2) is 17.4 Å². The number of rotatable bonds is 12. The first kappa shape index (κ1) is 22.9. The van der Waals surface area contributed by atoms with Crippen molar-refractivity contribution in [3.8, 4) is 5.75 Å². The second-order valence-corrected chi connectivity index (χ2v) is 8.60. The van der Waals surface area contributed by atoms with E-state index in [1.165, 1.54) is 0 Å². The van der Waals surface area contributed by atoms with E-state index in [-0.39, 0.29) is 12.5 Å². The molecule has 0 bridgehead atoms. The van der Waals surface area contributed by atoms with Crippen molar-refractivity contribution in [2.75, 3.05) is 30.8 Å². The largest absolute Gasteiger partial charge is 0.484 e. The number of thioether (sulfide) groups is 1. The summed E-state index contributed by atoms with van der Waals surface area (Å²) in [5.41, 5.74) is 0.773. The van der Waals surface area contributed by atoms with E-state index in [0.29, 0.717) is 24.8 Å². The average Bonchev–Trinajstić information content (AvgIpc) is 3.18. The number of para-hydroxylation sites is 1. The van der Waals surface area contributed by atoms with Crippen LogP contribution in [0.25, 0.3) is 11.0 Å². The topological polar surface area (TPSA) is 94.0 Å². The normalized spacial score (nSPS) is 11.1. The van der Waals surface area contributed by atoms with Crippen LogP contribution in [0, 0.1) is 5.92 Å². The Morgan fingerprint density at radius 3 is 2.77 bits per heavy atom. The molecule has 0 aliphatic carbocycles. The predicted octanol–water partition coefficient (Wildman–Crippen LogP) is 3.59. The second-order valence-electron chi connectivity index (χ2n) is 7.53. The third-order valence-corrected chi connectivity index (χ3v) is 5.40. The van der Waals surface area contributed by atoms with Crippen LogP contribution < -0.4 is 15.4 Å². The van der Waals surface area contributed by atoms with Gasteiger partial charge in [0.25, 0.3) is 5.91 Å². The number of nitrogens with zero attached hydrogens (tertiary/aromatic N) is 4. The van der Waals surface area contributed by atoms with Crippen LogP contribution >= 0.6 is 11.8 Å². The molecule has 1 amide bonds. The molecule has 2 heterocycles. The molecule has 9 heteroatoms. The summed E-state index contributed by atoms with van der Waals surface area (Å²) in [4.78, 5) is 21.5. The maximum Gasteiger partial charge on any atom is 0.258 e. The Balaban J connectivity index is 1.62. The van der Waals surface area contributed by atoms with Crippen molar-refractivity contribution in [3.05, 3.63) is 36.5 Å². The highest BCUT2D eigenvalue weighted by molar-refractivity contribution is 7.99. The number of anilines is 1. The molecular formula is C22H30N6O2S. The fourth-order valence-corrected chi connectivity index (χ4v) is 3.50. The minimum absolute atomic E-state index is 0.0207. The van der Waals surface area contributed by atoms with Crippen molar-refractivity contribution in [3.63, 3.8) is 0 Å². The minimum atomic E-state index is -0.173. The lowest BCUT2D eigenvalue weighted by molar-refractivity contribution is -0.123. The van der Waals surface area contributed by atoms with Crippen molar-refractivity contribution in [1.29, 1.82) is 0 Å². The first-order valence-electron chi connectivity index (χ1n) is 10.6. The van der Waals surface area contributed by atoms with Gasteiger partial charge in [-0.15, -0.1) is 0 Å². The summed E-state index contributed by atoms with van der Waals surface area (Å²) in [6, 6.07) is 9.29.